The lowest BCUT2D eigenvalue weighted by molar-refractivity contribution is -0.164. The molecule has 2 aromatic rings. The maximum absolute atomic E-state index is 13.8. The number of methoxy groups -OCH3 is 2. The normalized spacial score (nSPS) is 21.9. The number of hydrogen-bond acceptors (Lipinski definition) is 9. The maximum Gasteiger partial charge on any atom is 0.357 e. The lowest BCUT2D eigenvalue weighted by Crippen LogP contribution is -2.71. The molecule has 9 heteroatoms. The van der Waals surface area contributed by atoms with Crippen molar-refractivity contribution in [2.75, 3.05) is 20.8 Å². The third-order valence-electron chi connectivity index (χ3n) is 6.92. The molecule has 0 radical (unpaired) electrons. The van der Waals surface area contributed by atoms with Gasteiger partial charge in [-0.1, -0.05) is 60.7 Å². The Labute approximate surface area is 208 Å². The van der Waals surface area contributed by atoms with Gasteiger partial charge < -0.3 is 14.6 Å². The topological polar surface area (TPSA) is 123 Å². The van der Waals surface area contributed by atoms with Crippen LogP contribution in [0.3, 0.4) is 0 Å². The van der Waals surface area contributed by atoms with Crippen LogP contribution in [-0.4, -0.2) is 71.7 Å². The van der Waals surface area contributed by atoms with Gasteiger partial charge in [0, 0.05) is 11.1 Å². The highest BCUT2D eigenvalue weighted by atomic mass is 16.5. The highest BCUT2D eigenvalue weighted by molar-refractivity contribution is 6.40. The number of nitrogens with zero attached hydrogens (tertiary/aromatic N) is 2. The highest BCUT2D eigenvalue weighted by Gasteiger charge is 2.71. The second-order valence-electron chi connectivity index (χ2n) is 8.70. The van der Waals surface area contributed by atoms with Crippen LogP contribution < -0.4 is 0 Å². The largest absolute Gasteiger partial charge is 0.467 e. The molecule has 2 aliphatic rings. The van der Waals surface area contributed by atoms with Gasteiger partial charge in [-0.3, -0.25) is 14.6 Å². The summed E-state index contributed by atoms with van der Waals surface area (Å²) in [4.78, 5) is 50.2. The number of hydrogen-bond donors (Lipinski definition) is 1. The van der Waals surface area contributed by atoms with E-state index in [-0.39, 0.29) is 23.8 Å². The number of aliphatic hydroxyl groups is 1. The molecular formula is C27H26N2O7. The second-order valence-corrected chi connectivity index (χ2v) is 8.70. The molecule has 2 unspecified atom stereocenters. The van der Waals surface area contributed by atoms with Crippen LogP contribution in [0.2, 0.25) is 0 Å². The zero-order chi connectivity index (χ0) is 26.3. The van der Waals surface area contributed by atoms with Crippen molar-refractivity contribution >= 4 is 29.2 Å². The van der Waals surface area contributed by atoms with Gasteiger partial charge in [-0.15, -0.1) is 0 Å². The lowest BCUT2D eigenvalue weighted by atomic mass is 9.57. The van der Waals surface area contributed by atoms with Crippen LogP contribution in [0, 0.1) is 0 Å². The maximum atomic E-state index is 13.8. The second kappa shape index (κ2) is 9.16. The summed E-state index contributed by atoms with van der Waals surface area (Å²) in [6, 6.07) is 13.3. The molecule has 0 spiro atoms. The summed E-state index contributed by atoms with van der Waals surface area (Å²) >= 11 is 0. The number of carbonyl (C=O) groups is 4. The van der Waals surface area contributed by atoms with Gasteiger partial charge >= 0.3 is 11.9 Å². The fourth-order valence-electron chi connectivity index (χ4n) is 5.19. The zero-order valence-electron chi connectivity index (χ0n) is 20.3. The first-order valence-corrected chi connectivity index (χ1v) is 11.3. The average Bonchev–Trinajstić information content (AvgIpc) is 3.21. The van der Waals surface area contributed by atoms with Crippen molar-refractivity contribution < 1.29 is 33.8 Å². The number of hydrazone groups is 1. The molecule has 0 saturated heterocycles. The quantitative estimate of drug-likeness (QED) is 0.371. The Morgan fingerprint density at radius 1 is 0.889 bits per heavy atom. The predicted octanol–water partition coefficient (Wildman–Crippen LogP) is 2.06. The number of ether oxygens (including phenoxy) is 2. The van der Waals surface area contributed by atoms with Crippen molar-refractivity contribution in [3.63, 3.8) is 0 Å². The molecule has 2 aliphatic heterocycles. The SMILES string of the molecule is COC(=O)C1=NN2CC=CC(c3ccc(C(C)=O)cc3)(c3ccc(C(C)=O)cc3)C2(C(=O)OC)C1O. The third kappa shape index (κ3) is 3.38. The Bertz CT molecular complexity index is 1240. The molecule has 9 nitrogen and oxygen atoms in total. The van der Waals surface area contributed by atoms with E-state index in [1.54, 1.807) is 60.7 Å². The number of ketones is 2. The molecule has 36 heavy (non-hydrogen) atoms. The summed E-state index contributed by atoms with van der Waals surface area (Å²) in [7, 11) is 2.35. The van der Waals surface area contributed by atoms with E-state index in [2.05, 4.69) is 5.10 Å². The van der Waals surface area contributed by atoms with E-state index in [1.165, 1.54) is 26.0 Å². The molecule has 186 valence electrons. The number of Topliss-reactive ketones (excluding diaryl/α,β-unsaturated/α-hetero) is 2. The molecular weight excluding hydrogens is 464 g/mol. The minimum absolute atomic E-state index is 0.103. The summed E-state index contributed by atoms with van der Waals surface area (Å²) in [5.41, 5.74) is -1.72. The van der Waals surface area contributed by atoms with Crippen molar-refractivity contribution in [3.05, 3.63) is 82.9 Å². The van der Waals surface area contributed by atoms with Crippen LogP contribution in [0.1, 0.15) is 45.7 Å². The number of rotatable bonds is 6. The Morgan fingerprint density at radius 2 is 1.39 bits per heavy atom. The van der Waals surface area contributed by atoms with E-state index in [9.17, 15) is 24.3 Å². The van der Waals surface area contributed by atoms with E-state index in [1.807, 2.05) is 0 Å². The Kier molecular flexibility index (Phi) is 6.36. The third-order valence-corrected chi connectivity index (χ3v) is 6.92. The standard InChI is InChI=1S/C27H26N2O7/c1-16(30)18-6-10-20(11-7-18)26(21-12-8-19(9-13-21)17(2)31)14-5-15-29-27(26,25(34)36-4)23(32)22(28-29)24(33)35-3/h5-14,23,32H,15H2,1-4H3. The van der Waals surface area contributed by atoms with E-state index in [4.69, 9.17) is 9.47 Å². The number of fused-ring (bicyclic) bond motifs is 1. The van der Waals surface area contributed by atoms with E-state index in [0.29, 0.717) is 22.3 Å². The van der Waals surface area contributed by atoms with Gasteiger partial charge in [0.25, 0.3) is 0 Å². The average molecular weight is 491 g/mol. The van der Waals surface area contributed by atoms with Crippen LogP contribution >= 0.6 is 0 Å². The van der Waals surface area contributed by atoms with Gasteiger partial charge in [0.2, 0.25) is 5.54 Å². The predicted molar refractivity (Wildman–Crippen MR) is 130 cm³/mol. The van der Waals surface area contributed by atoms with Gasteiger partial charge in [-0.2, -0.15) is 5.10 Å². The van der Waals surface area contributed by atoms with E-state index >= 15 is 0 Å². The van der Waals surface area contributed by atoms with Crippen LogP contribution in [0.5, 0.6) is 0 Å². The van der Waals surface area contributed by atoms with Crippen LogP contribution in [0.4, 0.5) is 0 Å². The monoisotopic (exact) mass is 490 g/mol. The Hall–Kier alpha value is -4.11. The first kappa shape index (κ1) is 25.0. The number of aliphatic hydroxyl groups excluding tert-OH is 1. The minimum atomic E-state index is -1.94. The van der Waals surface area contributed by atoms with Crippen molar-refractivity contribution in [3.8, 4) is 0 Å². The fraction of sp³-hybridized carbons (Fsp3) is 0.296. The molecule has 2 aromatic carbocycles. The van der Waals surface area contributed by atoms with Gasteiger partial charge in [0.15, 0.2) is 17.3 Å². The molecule has 0 aliphatic carbocycles. The van der Waals surface area contributed by atoms with Gasteiger partial charge in [-0.25, -0.2) is 9.59 Å². The number of esters is 2. The summed E-state index contributed by atoms with van der Waals surface area (Å²) in [5, 5.41) is 17.3. The summed E-state index contributed by atoms with van der Waals surface area (Å²) in [5.74, 6) is -1.98. The summed E-state index contributed by atoms with van der Waals surface area (Å²) in [6.07, 6.45) is 1.81. The van der Waals surface area contributed by atoms with Gasteiger partial charge in [0.05, 0.1) is 26.2 Å². The van der Waals surface area contributed by atoms with E-state index in [0.717, 1.165) is 7.11 Å². The van der Waals surface area contributed by atoms with Gasteiger partial charge in [0.1, 0.15) is 6.10 Å². The highest BCUT2D eigenvalue weighted by Crippen LogP contribution is 2.53. The molecule has 0 amide bonds. The molecule has 0 saturated carbocycles. The fourth-order valence-corrected chi connectivity index (χ4v) is 5.19. The molecule has 0 bridgehead atoms. The molecule has 0 aromatic heterocycles. The Morgan fingerprint density at radius 3 is 1.81 bits per heavy atom. The minimum Gasteiger partial charge on any atom is -0.467 e. The first-order valence-electron chi connectivity index (χ1n) is 11.3. The lowest BCUT2D eigenvalue weighted by Gasteiger charge is -2.52. The van der Waals surface area contributed by atoms with Crippen molar-refractivity contribution in [2.24, 2.45) is 5.10 Å². The zero-order valence-corrected chi connectivity index (χ0v) is 20.3. The van der Waals surface area contributed by atoms with E-state index < -0.39 is 29.0 Å². The summed E-state index contributed by atoms with van der Waals surface area (Å²) < 4.78 is 10.1. The smallest absolute Gasteiger partial charge is 0.357 e. The van der Waals surface area contributed by atoms with Crippen LogP contribution in [0.25, 0.3) is 0 Å². The molecule has 0 fully saturated rings. The summed E-state index contributed by atoms with van der Waals surface area (Å²) in [6.45, 7) is 2.99. The van der Waals surface area contributed by atoms with Gasteiger partial charge in [-0.05, 0) is 25.0 Å². The molecule has 4 rings (SSSR count). The molecule has 2 atom stereocenters. The number of benzene rings is 2. The first-order chi connectivity index (χ1) is 17.1. The molecule has 1 N–H and O–H groups in total. The van der Waals surface area contributed by atoms with Crippen LogP contribution in [-0.2, 0) is 24.5 Å². The van der Waals surface area contributed by atoms with Crippen LogP contribution in [0.15, 0.2) is 65.8 Å². The Balaban J connectivity index is 2.08. The van der Waals surface area contributed by atoms with Crippen molar-refractivity contribution in [2.45, 2.75) is 30.9 Å². The van der Waals surface area contributed by atoms with Crippen molar-refractivity contribution in [1.29, 1.82) is 0 Å². The molecule has 2 heterocycles. The van der Waals surface area contributed by atoms with Crippen molar-refractivity contribution in [1.82, 2.24) is 5.01 Å². The number of carbonyl (C=O) groups excluding carboxylic acids is 4.